The summed E-state index contributed by atoms with van der Waals surface area (Å²) in [6.45, 7) is 2.85. The van der Waals surface area contributed by atoms with Gasteiger partial charge in [0.25, 0.3) is 0 Å². The number of aromatic nitrogens is 3. The van der Waals surface area contributed by atoms with Crippen LogP contribution in [0.2, 0.25) is 0 Å². The Kier molecular flexibility index (Phi) is 3.21. The Morgan fingerprint density at radius 3 is 3.00 bits per heavy atom. The molecule has 3 rings (SSSR count). The molecule has 0 spiro atoms. The molecule has 1 fully saturated rings. The van der Waals surface area contributed by atoms with Gasteiger partial charge in [-0.05, 0) is 31.9 Å². The van der Waals surface area contributed by atoms with E-state index in [9.17, 15) is 0 Å². The van der Waals surface area contributed by atoms with E-state index < -0.39 is 0 Å². The maximum atomic E-state index is 5.84. The van der Waals surface area contributed by atoms with Gasteiger partial charge in [0, 0.05) is 18.3 Å². The highest BCUT2D eigenvalue weighted by Gasteiger charge is 2.25. The van der Waals surface area contributed by atoms with Crippen LogP contribution in [0.4, 0.5) is 0 Å². The molecular weight excluding hydrogens is 240 g/mol. The predicted molar refractivity (Wildman–Crippen MR) is 71.7 cm³/mol. The van der Waals surface area contributed by atoms with Crippen molar-refractivity contribution in [1.82, 2.24) is 14.5 Å². The Morgan fingerprint density at radius 2 is 2.26 bits per heavy atom. The number of imidazole rings is 1. The zero-order valence-corrected chi connectivity index (χ0v) is 11.0. The zero-order chi connectivity index (χ0) is 13.2. The van der Waals surface area contributed by atoms with E-state index in [2.05, 4.69) is 14.5 Å². The SMILES string of the molecule is Cc1ccc(OCc2cncn2C2CC2)c(CN)n1. The topological polar surface area (TPSA) is 66.0 Å². The number of hydrogen-bond acceptors (Lipinski definition) is 4. The monoisotopic (exact) mass is 258 g/mol. The van der Waals surface area contributed by atoms with Crippen molar-refractivity contribution in [2.24, 2.45) is 5.73 Å². The number of rotatable bonds is 5. The van der Waals surface area contributed by atoms with Crippen LogP contribution in [0.5, 0.6) is 5.75 Å². The van der Waals surface area contributed by atoms with Crippen LogP contribution in [0.1, 0.15) is 36.0 Å². The molecule has 5 heteroatoms. The summed E-state index contributed by atoms with van der Waals surface area (Å²) < 4.78 is 8.04. The van der Waals surface area contributed by atoms with Gasteiger partial charge >= 0.3 is 0 Å². The van der Waals surface area contributed by atoms with Crippen LogP contribution in [0, 0.1) is 6.92 Å². The largest absolute Gasteiger partial charge is 0.485 e. The average molecular weight is 258 g/mol. The fraction of sp³-hybridized carbons (Fsp3) is 0.429. The number of hydrogen-bond donors (Lipinski definition) is 1. The molecule has 2 N–H and O–H groups in total. The second-order valence-corrected chi connectivity index (χ2v) is 4.91. The molecule has 0 unspecified atom stereocenters. The number of nitrogens with zero attached hydrogens (tertiary/aromatic N) is 3. The lowest BCUT2D eigenvalue weighted by molar-refractivity contribution is 0.290. The van der Waals surface area contributed by atoms with Crippen molar-refractivity contribution in [3.05, 3.63) is 41.7 Å². The van der Waals surface area contributed by atoms with Crippen LogP contribution in [-0.2, 0) is 13.2 Å². The molecule has 0 atom stereocenters. The summed E-state index contributed by atoms with van der Waals surface area (Å²) in [5.41, 5.74) is 8.56. The second-order valence-electron chi connectivity index (χ2n) is 4.91. The van der Waals surface area contributed by atoms with Crippen LogP contribution in [0.15, 0.2) is 24.7 Å². The highest BCUT2D eigenvalue weighted by molar-refractivity contribution is 5.29. The van der Waals surface area contributed by atoms with Crippen molar-refractivity contribution >= 4 is 0 Å². The first-order valence-corrected chi connectivity index (χ1v) is 6.58. The third kappa shape index (κ3) is 2.61. The summed E-state index contributed by atoms with van der Waals surface area (Å²) >= 11 is 0. The molecule has 0 aromatic carbocycles. The Bertz CT molecular complexity index is 575. The summed E-state index contributed by atoms with van der Waals surface area (Å²) in [6, 6.07) is 4.49. The van der Waals surface area contributed by atoms with E-state index in [0.29, 0.717) is 19.2 Å². The molecule has 1 aliphatic rings. The first kappa shape index (κ1) is 12.2. The fourth-order valence-electron chi connectivity index (χ4n) is 2.15. The third-order valence-corrected chi connectivity index (χ3v) is 3.33. The first-order chi connectivity index (χ1) is 9.28. The van der Waals surface area contributed by atoms with Gasteiger partial charge in [0.2, 0.25) is 0 Å². The molecule has 0 saturated heterocycles. The maximum absolute atomic E-state index is 5.84. The minimum Gasteiger partial charge on any atom is -0.485 e. The molecule has 2 aromatic rings. The highest BCUT2D eigenvalue weighted by atomic mass is 16.5. The number of pyridine rings is 1. The predicted octanol–water partition coefficient (Wildman–Crippen LogP) is 1.96. The van der Waals surface area contributed by atoms with Gasteiger partial charge in [0.05, 0.1) is 23.9 Å². The smallest absolute Gasteiger partial charge is 0.142 e. The summed E-state index contributed by atoms with van der Waals surface area (Å²) in [5, 5.41) is 0. The minimum atomic E-state index is 0.388. The Balaban J connectivity index is 1.73. The lowest BCUT2D eigenvalue weighted by Crippen LogP contribution is -2.08. The lowest BCUT2D eigenvalue weighted by atomic mass is 10.3. The Labute approximate surface area is 112 Å². The zero-order valence-electron chi connectivity index (χ0n) is 11.0. The van der Waals surface area contributed by atoms with E-state index in [0.717, 1.165) is 22.8 Å². The molecule has 19 heavy (non-hydrogen) atoms. The number of nitrogens with two attached hydrogens (primary N) is 1. The van der Waals surface area contributed by atoms with Crippen molar-refractivity contribution in [3.63, 3.8) is 0 Å². The molecule has 0 amide bonds. The van der Waals surface area contributed by atoms with Crippen molar-refractivity contribution in [1.29, 1.82) is 0 Å². The van der Waals surface area contributed by atoms with Gasteiger partial charge in [0.1, 0.15) is 12.4 Å². The quantitative estimate of drug-likeness (QED) is 0.890. The molecule has 2 aromatic heterocycles. The Hall–Kier alpha value is -1.88. The van der Waals surface area contributed by atoms with Gasteiger partial charge in [-0.25, -0.2) is 4.98 Å². The maximum Gasteiger partial charge on any atom is 0.142 e. The van der Waals surface area contributed by atoms with Gasteiger partial charge in [-0.3, -0.25) is 4.98 Å². The van der Waals surface area contributed by atoms with Crippen molar-refractivity contribution in [3.8, 4) is 5.75 Å². The van der Waals surface area contributed by atoms with E-state index in [4.69, 9.17) is 10.5 Å². The normalized spacial score (nSPS) is 14.6. The molecule has 0 aliphatic heterocycles. The van der Waals surface area contributed by atoms with Gasteiger partial charge in [0.15, 0.2) is 0 Å². The summed E-state index contributed by atoms with van der Waals surface area (Å²) in [7, 11) is 0. The van der Waals surface area contributed by atoms with Gasteiger partial charge in [-0.15, -0.1) is 0 Å². The van der Waals surface area contributed by atoms with Crippen molar-refractivity contribution in [2.45, 2.75) is 39.0 Å². The van der Waals surface area contributed by atoms with Crippen LogP contribution >= 0.6 is 0 Å². The van der Waals surface area contributed by atoms with Crippen LogP contribution in [0.3, 0.4) is 0 Å². The lowest BCUT2D eigenvalue weighted by Gasteiger charge is -2.11. The molecular formula is C14H18N4O. The summed E-state index contributed by atoms with van der Waals surface area (Å²) in [4.78, 5) is 8.58. The van der Waals surface area contributed by atoms with Crippen molar-refractivity contribution < 1.29 is 4.74 Å². The van der Waals surface area contributed by atoms with E-state index >= 15 is 0 Å². The fourth-order valence-corrected chi connectivity index (χ4v) is 2.15. The summed E-state index contributed by atoms with van der Waals surface area (Å²) in [5.74, 6) is 0.761. The van der Waals surface area contributed by atoms with Crippen molar-refractivity contribution in [2.75, 3.05) is 0 Å². The van der Waals surface area contributed by atoms with Crippen LogP contribution in [-0.4, -0.2) is 14.5 Å². The molecule has 1 saturated carbocycles. The Morgan fingerprint density at radius 1 is 1.42 bits per heavy atom. The number of aryl methyl sites for hydroxylation is 1. The molecule has 5 nitrogen and oxygen atoms in total. The summed E-state index contributed by atoms with van der Waals surface area (Å²) in [6.07, 6.45) is 6.22. The minimum absolute atomic E-state index is 0.388. The van der Waals surface area contributed by atoms with Gasteiger partial charge in [-0.1, -0.05) is 0 Å². The van der Waals surface area contributed by atoms with E-state index in [1.165, 1.54) is 12.8 Å². The number of ether oxygens (including phenoxy) is 1. The molecule has 0 bridgehead atoms. The van der Waals surface area contributed by atoms with Gasteiger partial charge in [-0.2, -0.15) is 0 Å². The molecule has 100 valence electrons. The van der Waals surface area contributed by atoms with Gasteiger partial charge < -0.3 is 15.0 Å². The highest BCUT2D eigenvalue weighted by Crippen LogP contribution is 2.35. The average Bonchev–Trinajstić information content (AvgIpc) is 3.16. The van der Waals surface area contributed by atoms with E-state index in [-0.39, 0.29) is 0 Å². The molecule has 0 radical (unpaired) electrons. The first-order valence-electron chi connectivity index (χ1n) is 6.58. The standard InChI is InChI=1S/C14H18N4O/c1-10-2-5-14(13(6-15)17-10)19-8-12-7-16-9-18(12)11-3-4-11/h2,5,7,9,11H,3-4,6,8,15H2,1H3. The van der Waals surface area contributed by atoms with Crippen LogP contribution < -0.4 is 10.5 Å². The second kappa shape index (κ2) is 5.01. The third-order valence-electron chi connectivity index (χ3n) is 3.33. The van der Waals surface area contributed by atoms with E-state index in [1.54, 1.807) is 0 Å². The molecule has 2 heterocycles. The molecule has 1 aliphatic carbocycles. The van der Waals surface area contributed by atoms with Crippen LogP contribution in [0.25, 0.3) is 0 Å². The van der Waals surface area contributed by atoms with E-state index in [1.807, 2.05) is 31.6 Å².